The number of hydrogen-bond donors (Lipinski definition) is 0. The number of benzene rings is 1. The fourth-order valence-corrected chi connectivity index (χ4v) is 3.60. The number of methoxy groups -OCH3 is 1. The molecular formula is C20H25NO4. The van der Waals surface area contributed by atoms with Crippen molar-refractivity contribution in [2.24, 2.45) is 11.3 Å². The number of ether oxygens (including phenoxy) is 2. The molecule has 3 unspecified atom stereocenters. The van der Waals surface area contributed by atoms with E-state index in [9.17, 15) is 14.9 Å². The van der Waals surface area contributed by atoms with Crippen molar-refractivity contribution in [1.82, 2.24) is 0 Å². The summed E-state index contributed by atoms with van der Waals surface area (Å²) in [5, 5.41) is 9.32. The first-order valence-electron chi connectivity index (χ1n) is 8.67. The molecule has 1 aliphatic carbocycles. The smallest absolute Gasteiger partial charge is 0.323 e. The van der Waals surface area contributed by atoms with Crippen LogP contribution >= 0.6 is 0 Å². The number of hydrogen-bond acceptors (Lipinski definition) is 5. The zero-order valence-electron chi connectivity index (χ0n) is 15.1. The molecule has 0 heterocycles. The average molecular weight is 343 g/mol. The second-order valence-corrected chi connectivity index (χ2v) is 6.83. The molecule has 0 amide bonds. The predicted octanol–water partition coefficient (Wildman–Crippen LogP) is 3.63. The van der Waals surface area contributed by atoms with E-state index in [1.54, 1.807) is 14.0 Å². The first kappa shape index (κ1) is 19.0. The largest absolute Gasteiger partial charge is 0.497 e. The third-order valence-electron chi connectivity index (χ3n) is 5.06. The molecule has 0 radical (unpaired) electrons. The second-order valence-electron chi connectivity index (χ2n) is 6.83. The van der Waals surface area contributed by atoms with Crippen LogP contribution in [0.3, 0.4) is 0 Å². The summed E-state index contributed by atoms with van der Waals surface area (Å²) in [5.74, 6) is -0.281. The van der Waals surface area contributed by atoms with Gasteiger partial charge in [-0.2, -0.15) is 5.26 Å². The summed E-state index contributed by atoms with van der Waals surface area (Å²) in [6, 6.07) is 9.88. The molecule has 1 aromatic carbocycles. The third kappa shape index (κ3) is 4.39. The number of Topliss-reactive ketones (excluding diaryl/α,β-unsaturated/α-hetero) is 1. The molecule has 2 rings (SSSR count). The number of esters is 1. The first-order valence-corrected chi connectivity index (χ1v) is 8.67. The number of nitrogens with zero attached hydrogens (tertiary/aromatic N) is 1. The van der Waals surface area contributed by atoms with Crippen LogP contribution in [0, 0.1) is 22.7 Å². The third-order valence-corrected chi connectivity index (χ3v) is 5.06. The summed E-state index contributed by atoms with van der Waals surface area (Å²) in [6.45, 7) is 3.81. The Bertz CT molecular complexity index is 661. The van der Waals surface area contributed by atoms with Crippen LogP contribution in [-0.4, -0.2) is 25.5 Å². The Hall–Kier alpha value is -2.35. The summed E-state index contributed by atoms with van der Waals surface area (Å²) in [6.07, 6.45) is 2.11. The maximum Gasteiger partial charge on any atom is 0.323 e. The summed E-state index contributed by atoms with van der Waals surface area (Å²) >= 11 is 0. The van der Waals surface area contributed by atoms with Gasteiger partial charge in [0.1, 0.15) is 17.5 Å². The fraction of sp³-hybridized carbons (Fsp3) is 0.550. The molecule has 0 spiro atoms. The van der Waals surface area contributed by atoms with Crippen LogP contribution < -0.4 is 4.74 Å². The standard InChI is InChI=1S/C20H25NO4/c1-4-25-19(23)16(13-21)12-20(2)11-15(7-10-18(20)22)14-5-8-17(24-3)9-6-14/h5-6,8-9,15-16H,4,7,10-12H2,1-3H3. The molecule has 1 aromatic rings. The van der Waals surface area contributed by atoms with E-state index in [0.29, 0.717) is 12.8 Å². The van der Waals surface area contributed by atoms with Gasteiger partial charge in [-0.15, -0.1) is 0 Å². The normalized spacial score (nSPS) is 24.2. The lowest BCUT2D eigenvalue weighted by atomic mass is 9.65. The molecule has 3 atom stereocenters. The van der Waals surface area contributed by atoms with Crippen LogP contribution in [-0.2, 0) is 14.3 Å². The predicted molar refractivity (Wildman–Crippen MR) is 93.1 cm³/mol. The minimum atomic E-state index is -0.900. The first-order chi connectivity index (χ1) is 11.9. The van der Waals surface area contributed by atoms with Gasteiger partial charge in [0.05, 0.1) is 19.8 Å². The number of rotatable bonds is 6. The Morgan fingerprint density at radius 1 is 1.40 bits per heavy atom. The van der Waals surface area contributed by atoms with Gasteiger partial charge in [0.25, 0.3) is 0 Å². The van der Waals surface area contributed by atoms with Crippen LogP contribution in [0.5, 0.6) is 5.75 Å². The van der Waals surface area contributed by atoms with Gasteiger partial charge in [0, 0.05) is 11.8 Å². The van der Waals surface area contributed by atoms with Gasteiger partial charge in [-0.05, 0) is 49.8 Å². The lowest BCUT2D eigenvalue weighted by Gasteiger charge is -2.37. The molecule has 0 aromatic heterocycles. The van der Waals surface area contributed by atoms with Crippen molar-refractivity contribution in [3.63, 3.8) is 0 Å². The summed E-state index contributed by atoms with van der Waals surface area (Å²) in [7, 11) is 1.63. The Labute approximate surface area is 148 Å². The zero-order valence-corrected chi connectivity index (χ0v) is 15.1. The van der Waals surface area contributed by atoms with Crippen LogP contribution in [0.2, 0.25) is 0 Å². The van der Waals surface area contributed by atoms with Gasteiger partial charge < -0.3 is 9.47 Å². The van der Waals surface area contributed by atoms with Gasteiger partial charge in [0.15, 0.2) is 0 Å². The van der Waals surface area contributed by atoms with Crippen molar-refractivity contribution >= 4 is 11.8 Å². The van der Waals surface area contributed by atoms with Crippen molar-refractivity contribution in [2.75, 3.05) is 13.7 Å². The summed E-state index contributed by atoms with van der Waals surface area (Å²) in [4.78, 5) is 24.5. The van der Waals surface area contributed by atoms with Gasteiger partial charge in [-0.25, -0.2) is 0 Å². The topological polar surface area (TPSA) is 76.4 Å². The lowest BCUT2D eigenvalue weighted by molar-refractivity contribution is -0.148. The minimum absolute atomic E-state index is 0.127. The van der Waals surface area contributed by atoms with Crippen LogP contribution in [0.25, 0.3) is 0 Å². The van der Waals surface area contributed by atoms with E-state index in [2.05, 4.69) is 0 Å². The highest BCUT2D eigenvalue weighted by molar-refractivity contribution is 5.86. The van der Waals surface area contributed by atoms with Crippen LogP contribution in [0.4, 0.5) is 0 Å². The molecule has 1 saturated carbocycles. The van der Waals surface area contributed by atoms with E-state index >= 15 is 0 Å². The van der Waals surface area contributed by atoms with E-state index in [0.717, 1.165) is 17.7 Å². The quantitative estimate of drug-likeness (QED) is 0.737. The maximum absolute atomic E-state index is 12.5. The highest BCUT2D eigenvalue weighted by Crippen LogP contribution is 2.45. The molecular weight excluding hydrogens is 318 g/mol. The summed E-state index contributed by atoms with van der Waals surface area (Å²) < 4.78 is 10.2. The van der Waals surface area contributed by atoms with Crippen LogP contribution in [0.15, 0.2) is 24.3 Å². The van der Waals surface area contributed by atoms with E-state index in [1.807, 2.05) is 37.3 Å². The molecule has 134 valence electrons. The van der Waals surface area contributed by atoms with E-state index in [-0.39, 0.29) is 24.7 Å². The van der Waals surface area contributed by atoms with Gasteiger partial charge in [-0.3, -0.25) is 9.59 Å². The van der Waals surface area contributed by atoms with E-state index < -0.39 is 17.3 Å². The highest BCUT2D eigenvalue weighted by atomic mass is 16.5. The van der Waals surface area contributed by atoms with E-state index in [4.69, 9.17) is 9.47 Å². The van der Waals surface area contributed by atoms with Crippen molar-refractivity contribution in [3.8, 4) is 11.8 Å². The molecule has 0 aliphatic heterocycles. The number of ketones is 1. The molecule has 0 bridgehead atoms. The van der Waals surface area contributed by atoms with E-state index in [1.165, 1.54) is 0 Å². The summed E-state index contributed by atoms with van der Waals surface area (Å²) in [5.41, 5.74) is 0.472. The number of carbonyl (C=O) groups is 2. The zero-order chi connectivity index (χ0) is 18.4. The Kier molecular flexibility index (Phi) is 6.19. The van der Waals surface area contributed by atoms with Crippen molar-refractivity contribution in [2.45, 2.75) is 45.4 Å². The van der Waals surface area contributed by atoms with Crippen molar-refractivity contribution in [1.29, 1.82) is 5.26 Å². The van der Waals surface area contributed by atoms with Crippen molar-refractivity contribution < 1.29 is 19.1 Å². The molecule has 0 saturated heterocycles. The average Bonchev–Trinajstić information content (AvgIpc) is 2.62. The second kappa shape index (κ2) is 8.15. The molecule has 25 heavy (non-hydrogen) atoms. The van der Waals surface area contributed by atoms with Gasteiger partial charge in [0.2, 0.25) is 0 Å². The highest BCUT2D eigenvalue weighted by Gasteiger charge is 2.43. The lowest BCUT2D eigenvalue weighted by Crippen LogP contribution is -2.37. The van der Waals surface area contributed by atoms with Crippen molar-refractivity contribution in [3.05, 3.63) is 29.8 Å². The SMILES string of the molecule is CCOC(=O)C(C#N)CC1(C)CC(c2ccc(OC)cc2)CCC1=O. The monoisotopic (exact) mass is 343 g/mol. The van der Waals surface area contributed by atoms with Gasteiger partial charge >= 0.3 is 5.97 Å². The number of carbonyl (C=O) groups excluding carboxylic acids is 2. The molecule has 1 fully saturated rings. The van der Waals surface area contributed by atoms with Gasteiger partial charge in [-0.1, -0.05) is 19.1 Å². The molecule has 1 aliphatic rings. The Balaban J connectivity index is 2.16. The molecule has 0 N–H and O–H groups in total. The minimum Gasteiger partial charge on any atom is -0.497 e. The fourth-order valence-electron chi connectivity index (χ4n) is 3.60. The molecule has 5 heteroatoms. The Morgan fingerprint density at radius 3 is 2.64 bits per heavy atom. The molecule has 5 nitrogen and oxygen atoms in total. The maximum atomic E-state index is 12.5. The van der Waals surface area contributed by atoms with Crippen LogP contribution in [0.1, 0.15) is 51.0 Å². The number of nitriles is 1. The Morgan fingerprint density at radius 2 is 2.08 bits per heavy atom.